The zero-order valence-corrected chi connectivity index (χ0v) is 20.2. The Morgan fingerprint density at radius 3 is 2.42 bits per heavy atom. The molecule has 1 aliphatic heterocycles. The first-order valence-corrected chi connectivity index (χ1v) is 12.5. The van der Waals surface area contributed by atoms with Gasteiger partial charge in [0.05, 0.1) is 5.56 Å². The lowest BCUT2D eigenvalue weighted by atomic mass is 9.87. The molecule has 7 heteroatoms. The Kier molecular flexibility index (Phi) is 8.15. The quantitative estimate of drug-likeness (QED) is 0.552. The van der Waals surface area contributed by atoms with Crippen molar-refractivity contribution in [1.29, 1.82) is 0 Å². The molecular weight excluding hydrogens is 459 g/mol. The third kappa shape index (κ3) is 6.21. The highest BCUT2D eigenvalue weighted by Gasteiger charge is 2.30. The maximum absolute atomic E-state index is 13.0. The number of hydrogen-bond acceptors (Lipinski definition) is 3. The Labute approximate surface area is 205 Å². The van der Waals surface area contributed by atoms with E-state index in [1.54, 1.807) is 24.3 Å². The summed E-state index contributed by atoms with van der Waals surface area (Å²) in [6.07, 6.45) is 7.15. The molecule has 1 aliphatic carbocycles. The number of hydrogen-bond donors (Lipinski definition) is 1. The second kappa shape index (κ2) is 11.3. The summed E-state index contributed by atoms with van der Waals surface area (Å²) in [7, 11) is 0. The van der Waals surface area contributed by atoms with Crippen LogP contribution in [0.1, 0.15) is 60.9 Å². The summed E-state index contributed by atoms with van der Waals surface area (Å²) in [5.41, 5.74) is 1.29. The van der Waals surface area contributed by atoms with Gasteiger partial charge in [0.25, 0.3) is 5.91 Å². The molecule has 0 atom stereocenters. The monoisotopic (exact) mass is 488 g/mol. The van der Waals surface area contributed by atoms with Crippen LogP contribution in [0, 0.1) is 5.92 Å². The van der Waals surface area contributed by atoms with Crippen LogP contribution in [0.3, 0.4) is 0 Å². The Balaban J connectivity index is 1.31. The van der Waals surface area contributed by atoms with Gasteiger partial charge in [-0.2, -0.15) is 0 Å². The van der Waals surface area contributed by atoms with E-state index in [4.69, 9.17) is 27.9 Å². The van der Waals surface area contributed by atoms with Crippen LogP contribution in [-0.4, -0.2) is 35.8 Å². The molecule has 1 saturated carbocycles. The molecule has 176 valence electrons. The van der Waals surface area contributed by atoms with Crippen molar-refractivity contribution in [2.24, 2.45) is 5.92 Å². The maximum Gasteiger partial charge on any atom is 0.255 e. The number of nitrogens with zero attached hydrogens (tertiary/aromatic N) is 1. The molecule has 33 heavy (non-hydrogen) atoms. The van der Waals surface area contributed by atoms with Crippen molar-refractivity contribution < 1.29 is 14.3 Å². The summed E-state index contributed by atoms with van der Waals surface area (Å²) in [5.74, 6) is 0.845. The van der Waals surface area contributed by atoms with Gasteiger partial charge in [-0.1, -0.05) is 60.7 Å². The van der Waals surface area contributed by atoms with Gasteiger partial charge < -0.3 is 15.0 Å². The molecule has 1 saturated heterocycles. The van der Waals surface area contributed by atoms with Gasteiger partial charge in [-0.25, -0.2) is 0 Å². The predicted molar refractivity (Wildman–Crippen MR) is 131 cm³/mol. The predicted octanol–water partition coefficient (Wildman–Crippen LogP) is 5.87. The van der Waals surface area contributed by atoms with Gasteiger partial charge >= 0.3 is 0 Å². The van der Waals surface area contributed by atoms with E-state index in [9.17, 15) is 9.59 Å². The van der Waals surface area contributed by atoms with E-state index in [-0.39, 0.29) is 24.5 Å². The van der Waals surface area contributed by atoms with Gasteiger partial charge in [-0.05, 0) is 49.9 Å². The first-order chi connectivity index (χ1) is 16.0. The van der Waals surface area contributed by atoms with E-state index in [1.807, 2.05) is 23.1 Å². The van der Waals surface area contributed by atoms with Crippen LogP contribution in [-0.2, 0) is 11.4 Å². The van der Waals surface area contributed by atoms with Crippen LogP contribution in [0.2, 0.25) is 10.0 Å². The van der Waals surface area contributed by atoms with Crippen LogP contribution >= 0.6 is 23.2 Å². The van der Waals surface area contributed by atoms with Gasteiger partial charge in [0.1, 0.15) is 12.4 Å². The van der Waals surface area contributed by atoms with Crippen molar-refractivity contribution in [2.45, 2.75) is 57.6 Å². The third-order valence-electron chi connectivity index (χ3n) is 6.63. The van der Waals surface area contributed by atoms with Gasteiger partial charge in [0.15, 0.2) is 0 Å². The van der Waals surface area contributed by atoms with Crippen molar-refractivity contribution in [2.75, 3.05) is 13.1 Å². The lowest BCUT2D eigenvalue weighted by molar-refractivity contribution is -0.137. The molecule has 0 unspecified atom stereocenters. The molecular formula is C26H30Cl2N2O3. The summed E-state index contributed by atoms with van der Waals surface area (Å²) in [6.45, 7) is 1.64. The molecule has 1 heterocycles. The Morgan fingerprint density at radius 1 is 0.970 bits per heavy atom. The normalized spacial score (nSPS) is 17.6. The van der Waals surface area contributed by atoms with Crippen molar-refractivity contribution in [1.82, 2.24) is 10.2 Å². The Morgan fingerprint density at radius 2 is 1.70 bits per heavy atom. The molecule has 2 aliphatic rings. The van der Waals surface area contributed by atoms with Crippen molar-refractivity contribution >= 4 is 35.0 Å². The molecule has 0 spiro atoms. The number of likely N-dealkylation sites (tertiary alicyclic amines) is 1. The van der Waals surface area contributed by atoms with Gasteiger partial charge in [0.2, 0.25) is 5.91 Å². The van der Waals surface area contributed by atoms with Crippen molar-refractivity contribution in [3.8, 4) is 5.75 Å². The van der Waals surface area contributed by atoms with Crippen LogP contribution in [0.25, 0.3) is 0 Å². The van der Waals surface area contributed by atoms with Crippen LogP contribution in [0.15, 0.2) is 42.5 Å². The molecule has 0 bridgehead atoms. The van der Waals surface area contributed by atoms with Gasteiger partial charge in [-0.3, -0.25) is 9.59 Å². The van der Waals surface area contributed by atoms with E-state index in [0.717, 1.165) is 44.1 Å². The van der Waals surface area contributed by atoms with E-state index in [0.29, 0.717) is 40.4 Å². The number of amides is 2. The lowest BCUT2D eigenvalue weighted by Crippen LogP contribution is -2.48. The number of rotatable bonds is 6. The maximum atomic E-state index is 13.0. The molecule has 5 nitrogen and oxygen atoms in total. The molecule has 2 aromatic carbocycles. The first-order valence-electron chi connectivity index (χ1n) is 11.8. The fourth-order valence-corrected chi connectivity index (χ4v) is 5.15. The number of benzene rings is 2. The number of para-hydroxylation sites is 1. The molecule has 2 aromatic rings. The van der Waals surface area contributed by atoms with Crippen LogP contribution in [0.5, 0.6) is 5.75 Å². The highest BCUT2D eigenvalue weighted by atomic mass is 35.5. The number of ether oxygens (including phenoxy) is 1. The highest BCUT2D eigenvalue weighted by molar-refractivity contribution is 6.35. The van der Waals surface area contributed by atoms with Crippen molar-refractivity contribution in [3.63, 3.8) is 0 Å². The minimum atomic E-state index is -0.162. The number of nitrogens with one attached hydrogen (secondary N) is 1. The molecule has 4 rings (SSSR count). The largest absolute Gasteiger partial charge is 0.488 e. The van der Waals surface area contributed by atoms with E-state index in [1.165, 1.54) is 6.42 Å². The SMILES string of the molecule is O=C(NC1CCN(C(=O)C2CCCCC2)CC1)c1ccccc1OCc1ccc(Cl)cc1Cl. The zero-order valence-electron chi connectivity index (χ0n) is 18.7. The molecule has 0 radical (unpaired) electrons. The average molecular weight is 489 g/mol. The smallest absolute Gasteiger partial charge is 0.255 e. The highest BCUT2D eigenvalue weighted by Crippen LogP contribution is 2.27. The fraction of sp³-hybridized carbons (Fsp3) is 0.462. The van der Waals surface area contributed by atoms with Gasteiger partial charge in [0, 0.05) is 40.7 Å². The van der Waals surface area contributed by atoms with Gasteiger partial charge in [-0.15, -0.1) is 0 Å². The average Bonchev–Trinajstić information content (AvgIpc) is 2.84. The summed E-state index contributed by atoms with van der Waals surface area (Å²) in [6, 6.07) is 12.5. The minimum absolute atomic E-state index is 0.0478. The lowest BCUT2D eigenvalue weighted by Gasteiger charge is -2.35. The summed E-state index contributed by atoms with van der Waals surface area (Å²) >= 11 is 12.2. The van der Waals surface area contributed by atoms with Crippen LogP contribution in [0.4, 0.5) is 0 Å². The second-order valence-corrected chi connectivity index (χ2v) is 9.77. The topological polar surface area (TPSA) is 58.6 Å². The molecule has 2 fully saturated rings. The molecule has 1 N–H and O–H groups in total. The minimum Gasteiger partial charge on any atom is -0.488 e. The molecule has 2 amide bonds. The number of carbonyl (C=O) groups excluding carboxylic acids is 2. The first kappa shape index (κ1) is 23.9. The summed E-state index contributed by atoms with van der Waals surface area (Å²) < 4.78 is 5.93. The second-order valence-electron chi connectivity index (χ2n) is 8.93. The van der Waals surface area contributed by atoms with E-state index < -0.39 is 0 Å². The van der Waals surface area contributed by atoms with Crippen LogP contribution < -0.4 is 10.1 Å². The molecule has 0 aromatic heterocycles. The number of piperidine rings is 1. The van der Waals surface area contributed by atoms with Crippen molar-refractivity contribution in [3.05, 3.63) is 63.6 Å². The standard InChI is InChI=1S/C26H30Cl2N2O3/c27-20-11-10-19(23(28)16-20)17-33-24-9-5-4-8-22(24)25(31)29-21-12-14-30(15-13-21)26(32)18-6-2-1-3-7-18/h4-5,8-11,16,18,21H,1-3,6-7,12-15,17H2,(H,29,31). The third-order valence-corrected chi connectivity index (χ3v) is 7.21. The van der Waals surface area contributed by atoms with E-state index >= 15 is 0 Å². The number of halogens is 2. The fourth-order valence-electron chi connectivity index (χ4n) is 4.69. The summed E-state index contributed by atoms with van der Waals surface area (Å²) in [4.78, 5) is 27.8. The summed E-state index contributed by atoms with van der Waals surface area (Å²) in [5, 5.41) is 4.22. The Hall–Kier alpha value is -2.24. The number of carbonyl (C=O) groups is 2. The Bertz CT molecular complexity index is 983. The zero-order chi connectivity index (χ0) is 23.2. The van der Waals surface area contributed by atoms with E-state index in [2.05, 4.69) is 5.32 Å².